The number of nitrogens with zero attached hydrogens (tertiary/aromatic N) is 7. The van der Waals surface area contributed by atoms with Crippen molar-refractivity contribution in [3.63, 3.8) is 0 Å². The molecule has 1 amide bonds. The number of hydrogen-bond donors (Lipinski definition) is 3. The second-order valence-corrected chi connectivity index (χ2v) is 10.0. The Morgan fingerprint density at radius 1 is 1.05 bits per heavy atom. The molecule has 5 aromatic heterocycles. The SMILES string of the molecule is CN(C)CC(=O)Nc1cncc(-c2cc3c(-c4cc5c(N6CCN(C)CC6)ccnc5[nH]4)n[nH]c3cn2)c1. The molecule has 0 saturated carbocycles. The zero-order valence-electron chi connectivity index (χ0n) is 21.7. The Labute approximate surface area is 219 Å². The molecule has 0 aliphatic carbocycles. The van der Waals surface area contributed by atoms with Crippen molar-refractivity contribution in [2.24, 2.45) is 0 Å². The van der Waals surface area contributed by atoms with Crippen molar-refractivity contribution in [1.82, 2.24) is 39.9 Å². The number of aromatic amines is 2. The molecule has 11 heteroatoms. The summed E-state index contributed by atoms with van der Waals surface area (Å²) in [5, 5.41) is 12.6. The number of rotatable bonds is 6. The molecule has 1 aliphatic rings. The summed E-state index contributed by atoms with van der Waals surface area (Å²) in [6, 6.07) is 8.10. The van der Waals surface area contributed by atoms with Gasteiger partial charge in [0.05, 0.1) is 41.5 Å². The van der Waals surface area contributed by atoms with Gasteiger partial charge >= 0.3 is 0 Å². The Bertz CT molecular complexity index is 1610. The Hall–Kier alpha value is -4.35. The predicted octanol–water partition coefficient (Wildman–Crippen LogP) is 2.82. The molecule has 1 aliphatic heterocycles. The maximum Gasteiger partial charge on any atom is 0.238 e. The third-order valence-electron chi connectivity index (χ3n) is 6.83. The lowest BCUT2D eigenvalue weighted by atomic mass is 10.1. The van der Waals surface area contributed by atoms with Gasteiger partial charge in [-0.1, -0.05) is 0 Å². The molecule has 194 valence electrons. The lowest BCUT2D eigenvalue weighted by Gasteiger charge is -2.34. The molecule has 5 aromatic rings. The normalized spacial score (nSPS) is 14.6. The lowest BCUT2D eigenvalue weighted by Crippen LogP contribution is -2.44. The zero-order valence-corrected chi connectivity index (χ0v) is 21.7. The quantitative estimate of drug-likeness (QED) is 0.319. The molecule has 0 spiro atoms. The number of H-pyrrole nitrogens is 2. The summed E-state index contributed by atoms with van der Waals surface area (Å²) >= 11 is 0. The van der Waals surface area contributed by atoms with Crippen LogP contribution in [0.2, 0.25) is 0 Å². The summed E-state index contributed by atoms with van der Waals surface area (Å²) in [6.45, 7) is 4.34. The number of carbonyl (C=O) groups excluding carboxylic acids is 1. The molecule has 1 fully saturated rings. The minimum absolute atomic E-state index is 0.0992. The van der Waals surface area contributed by atoms with Crippen LogP contribution in [0.15, 0.2) is 49.1 Å². The highest BCUT2D eigenvalue weighted by Crippen LogP contribution is 2.34. The van der Waals surface area contributed by atoms with E-state index in [2.05, 4.69) is 64.4 Å². The summed E-state index contributed by atoms with van der Waals surface area (Å²) < 4.78 is 0. The molecule has 1 saturated heterocycles. The first-order chi connectivity index (χ1) is 18.4. The van der Waals surface area contributed by atoms with Crippen LogP contribution in [-0.4, -0.2) is 99.7 Å². The van der Waals surface area contributed by atoms with Gasteiger partial charge in [0.25, 0.3) is 0 Å². The van der Waals surface area contributed by atoms with Crippen molar-refractivity contribution < 1.29 is 4.79 Å². The van der Waals surface area contributed by atoms with Gasteiger partial charge in [-0.05, 0) is 45.4 Å². The van der Waals surface area contributed by atoms with Gasteiger partial charge in [-0.15, -0.1) is 0 Å². The van der Waals surface area contributed by atoms with Crippen LogP contribution in [0.3, 0.4) is 0 Å². The fourth-order valence-electron chi connectivity index (χ4n) is 4.88. The van der Waals surface area contributed by atoms with E-state index in [4.69, 9.17) is 0 Å². The van der Waals surface area contributed by atoms with E-state index in [1.54, 1.807) is 18.6 Å². The third kappa shape index (κ3) is 4.69. The van der Waals surface area contributed by atoms with E-state index in [1.165, 1.54) is 5.69 Å². The van der Waals surface area contributed by atoms with Crippen molar-refractivity contribution in [1.29, 1.82) is 0 Å². The number of piperazine rings is 1. The molecule has 38 heavy (non-hydrogen) atoms. The van der Waals surface area contributed by atoms with Crippen LogP contribution in [0.1, 0.15) is 0 Å². The first-order valence-electron chi connectivity index (χ1n) is 12.6. The fraction of sp³-hybridized carbons (Fsp3) is 0.296. The smallest absolute Gasteiger partial charge is 0.238 e. The molecule has 0 unspecified atom stereocenters. The molecule has 6 rings (SSSR count). The first-order valence-corrected chi connectivity index (χ1v) is 12.6. The van der Waals surface area contributed by atoms with E-state index in [1.807, 2.05) is 37.3 Å². The van der Waals surface area contributed by atoms with Gasteiger partial charge in [-0.25, -0.2) is 4.98 Å². The van der Waals surface area contributed by atoms with Gasteiger partial charge in [0.15, 0.2) is 0 Å². The van der Waals surface area contributed by atoms with E-state index in [9.17, 15) is 4.79 Å². The van der Waals surface area contributed by atoms with Crippen molar-refractivity contribution in [2.45, 2.75) is 0 Å². The number of amides is 1. The molecule has 3 N–H and O–H groups in total. The lowest BCUT2D eigenvalue weighted by molar-refractivity contribution is -0.116. The van der Waals surface area contributed by atoms with E-state index in [0.717, 1.165) is 70.8 Å². The van der Waals surface area contributed by atoms with E-state index < -0.39 is 0 Å². The second-order valence-electron chi connectivity index (χ2n) is 10.0. The van der Waals surface area contributed by atoms with Crippen molar-refractivity contribution in [2.75, 3.05) is 64.1 Å². The maximum atomic E-state index is 12.2. The average molecular weight is 511 g/mol. The van der Waals surface area contributed by atoms with Gasteiger partial charge < -0.3 is 25.0 Å². The van der Waals surface area contributed by atoms with Crippen molar-refractivity contribution in [3.8, 4) is 22.6 Å². The Balaban J connectivity index is 1.34. The first kappa shape index (κ1) is 24.0. The summed E-state index contributed by atoms with van der Waals surface area (Å²) in [5.74, 6) is -0.0992. The summed E-state index contributed by atoms with van der Waals surface area (Å²) in [7, 11) is 5.87. The minimum Gasteiger partial charge on any atom is -0.368 e. The second kappa shape index (κ2) is 9.84. The predicted molar refractivity (Wildman–Crippen MR) is 149 cm³/mol. The number of carbonyl (C=O) groups is 1. The fourth-order valence-corrected chi connectivity index (χ4v) is 4.88. The average Bonchev–Trinajstić information content (AvgIpc) is 3.52. The van der Waals surface area contributed by atoms with Crippen LogP contribution in [0.25, 0.3) is 44.6 Å². The van der Waals surface area contributed by atoms with E-state index in [-0.39, 0.29) is 5.91 Å². The molecule has 0 bridgehead atoms. The van der Waals surface area contributed by atoms with Gasteiger partial charge in [-0.3, -0.25) is 19.9 Å². The number of likely N-dealkylation sites (N-methyl/N-ethyl adjacent to an activating group) is 2. The Morgan fingerprint density at radius 3 is 2.71 bits per heavy atom. The highest BCUT2D eigenvalue weighted by Gasteiger charge is 2.19. The monoisotopic (exact) mass is 510 g/mol. The standard InChI is InChI=1S/C27H30N10O/c1-35(2)16-25(38)31-18-10-17(13-28-14-18)21-11-19-23(15-30-21)33-34-26(19)22-12-20-24(4-5-29-27(20)32-22)37-8-6-36(3)7-9-37/h4-5,10-15H,6-9,16H2,1-3H3,(H,29,32)(H,31,38)(H,33,34). The number of anilines is 2. The van der Waals surface area contributed by atoms with E-state index in [0.29, 0.717) is 12.2 Å². The number of nitrogens with one attached hydrogen (secondary N) is 3. The molecule has 0 atom stereocenters. The molecule has 11 nitrogen and oxygen atoms in total. The van der Waals surface area contributed by atoms with Crippen molar-refractivity contribution >= 4 is 39.2 Å². The van der Waals surface area contributed by atoms with Gasteiger partial charge in [0.1, 0.15) is 11.3 Å². The highest BCUT2D eigenvalue weighted by molar-refractivity contribution is 5.99. The summed E-state index contributed by atoms with van der Waals surface area (Å²) in [6.07, 6.45) is 7.01. The number of hydrogen-bond acceptors (Lipinski definition) is 8. The molecule has 0 radical (unpaired) electrons. The van der Waals surface area contributed by atoms with Gasteiger partial charge in [0.2, 0.25) is 5.91 Å². The molecular formula is C27H30N10O. The number of pyridine rings is 3. The summed E-state index contributed by atoms with van der Waals surface area (Å²) in [5.41, 5.74) is 6.72. The summed E-state index contributed by atoms with van der Waals surface area (Å²) in [4.78, 5) is 35.8. The van der Waals surface area contributed by atoms with Crippen molar-refractivity contribution in [3.05, 3.63) is 49.1 Å². The molecule has 6 heterocycles. The molecule has 0 aromatic carbocycles. The third-order valence-corrected chi connectivity index (χ3v) is 6.83. The van der Waals surface area contributed by atoms with Crippen LogP contribution in [0, 0.1) is 0 Å². The van der Waals surface area contributed by atoms with Gasteiger partial charge in [-0.2, -0.15) is 5.10 Å². The number of fused-ring (bicyclic) bond motifs is 2. The van der Waals surface area contributed by atoms with Crippen LogP contribution < -0.4 is 10.2 Å². The minimum atomic E-state index is -0.0992. The largest absolute Gasteiger partial charge is 0.368 e. The van der Waals surface area contributed by atoms with Gasteiger partial charge in [0, 0.05) is 60.6 Å². The van der Waals surface area contributed by atoms with E-state index >= 15 is 0 Å². The molecular weight excluding hydrogens is 480 g/mol. The zero-order chi connectivity index (χ0) is 26.2. The Morgan fingerprint density at radius 2 is 1.89 bits per heavy atom. The van der Waals surface area contributed by atoms with Crippen LogP contribution >= 0.6 is 0 Å². The topological polar surface area (TPSA) is 122 Å². The maximum absolute atomic E-state index is 12.2. The Kier molecular flexibility index (Phi) is 6.22. The van der Waals surface area contributed by atoms with Crippen LogP contribution in [0.5, 0.6) is 0 Å². The van der Waals surface area contributed by atoms with Crippen LogP contribution in [-0.2, 0) is 4.79 Å². The van der Waals surface area contributed by atoms with Crippen LogP contribution in [0.4, 0.5) is 11.4 Å². The number of aromatic nitrogens is 6. The highest BCUT2D eigenvalue weighted by atomic mass is 16.2.